The first-order valence-corrected chi connectivity index (χ1v) is 10.2. The smallest absolute Gasteiger partial charge is 0.293 e. The van der Waals surface area contributed by atoms with E-state index < -0.39 is 0 Å². The zero-order chi connectivity index (χ0) is 19.0. The van der Waals surface area contributed by atoms with E-state index in [2.05, 4.69) is 26.2 Å². The van der Waals surface area contributed by atoms with E-state index in [0.717, 1.165) is 25.9 Å². The quantitative estimate of drug-likeness (QED) is 0.379. The van der Waals surface area contributed by atoms with Crippen molar-refractivity contribution in [2.24, 2.45) is 0 Å². The highest BCUT2D eigenvalue weighted by Crippen LogP contribution is 2.28. The molecular formula is C20H14BrClN2O2S. The van der Waals surface area contributed by atoms with Crippen molar-refractivity contribution in [3.8, 4) is 0 Å². The molecule has 2 aromatic heterocycles. The molecule has 136 valence electrons. The number of furan rings is 1. The van der Waals surface area contributed by atoms with Gasteiger partial charge in [-0.05, 0) is 46.6 Å². The van der Waals surface area contributed by atoms with Crippen LogP contribution in [0.15, 0.2) is 57.6 Å². The highest BCUT2D eigenvalue weighted by molar-refractivity contribution is 9.10. The Bertz CT molecular complexity index is 1150. The summed E-state index contributed by atoms with van der Waals surface area (Å²) in [6, 6.07) is 13.4. The first-order chi connectivity index (χ1) is 13.0. The van der Waals surface area contributed by atoms with Gasteiger partial charge in [-0.2, -0.15) is 0 Å². The van der Waals surface area contributed by atoms with E-state index in [4.69, 9.17) is 16.0 Å². The van der Waals surface area contributed by atoms with Gasteiger partial charge >= 0.3 is 0 Å². The molecule has 0 aliphatic carbocycles. The number of nitrogens with one attached hydrogen (secondary N) is 1. The fraction of sp³-hybridized carbons (Fsp3) is 0.100. The number of thiazole rings is 1. The molecule has 0 spiro atoms. The molecule has 2 heterocycles. The van der Waals surface area contributed by atoms with Gasteiger partial charge in [-0.3, -0.25) is 10.1 Å². The Hall–Kier alpha value is -2.15. The van der Waals surface area contributed by atoms with Gasteiger partial charge in [0.15, 0.2) is 10.9 Å². The van der Waals surface area contributed by atoms with Gasteiger partial charge in [0.05, 0.1) is 5.02 Å². The van der Waals surface area contributed by atoms with E-state index >= 15 is 0 Å². The van der Waals surface area contributed by atoms with Crippen LogP contribution < -0.4 is 5.32 Å². The Morgan fingerprint density at radius 3 is 2.89 bits per heavy atom. The summed E-state index contributed by atoms with van der Waals surface area (Å²) in [6.07, 6.45) is 2.46. The van der Waals surface area contributed by atoms with Crippen LogP contribution in [-0.4, -0.2) is 10.9 Å². The molecule has 27 heavy (non-hydrogen) atoms. The number of hydrogen-bond acceptors (Lipinski definition) is 4. The summed E-state index contributed by atoms with van der Waals surface area (Å²) in [5, 5.41) is 4.98. The molecule has 1 N–H and O–H groups in total. The van der Waals surface area contributed by atoms with Crippen molar-refractivity contribution in [3.05, 3.63) is 79.9 Å². The molecule has 0 saturated carbocycles. The van der Waals surface area contributed by atoms with Gasteiger partial charge < -0.3 is 4.42 Å². The van der Waals surface area contributed by atoms with Gasteiger partial charge in [0.25, 0.3) is 5.91 Å². The topological polar surface area (TPSA) is 55.1 Å². The lowest BCUT2D eigenvalue weighted by Crippen LogP contribution is -2.11. The van der Waals surface area contributed by atoms with Crippen LogP contribution in [0.5, 0.6) is 0 Å². The highest BCUT2D eigenvalue weighted by atomic mass is 79.9. The molecule has 0 fully saturated rings. The average molecular weight is 462 g/mol. The zero-order valence-corrected chi connectivity index (χ0v) is 17.4. The standard InChI is InChI=1S/C20H14BrClN2O2S/c1-11-14-4-2-3-5-17(14)26-18(11)19(25)24-20-23-10-13(27-20)8-12-6-7-15(21)16(22)9-12/h2-7,9-10H,8H2,1H3,(H,23,24,25). The first-order valence-electron chi connectivity index (χ1n) is 8.19. The molecule has 0 unspecified atom stereocenters. The lowest BCUT2D eigenvalue weighted by molar-refractivity contribution is 0.0998. The van der Waals surface area contributed by atoms with Crippen molar-refractivity contribution in [1.29, 1.82) is 0 Å². The minimum absolute atomic E-state index is 0.295. The van der Waals surface area contributed by atoms with Gasteiger partial charge in [0.2, 0.25) is 0 Å². The number of para-hydroxylation sites is 1. The SMILES string of the molecule is Cc1c(C(=O)Nc2ncc(Cc3ccc(Br)c(Cl)c3)s2)oc2ccccc12. The molecule has 0 radical (unpaired) electrons. The number of rotatable bonds is 4. The summed E-state index contributed by atoms with van der Waals surface area (Å²) < 4.78 is 6.57. The molecule has 0 aliphatic heterocycles. The number of fused-ring (bicyclic) bond motifs is 1. The minimum Gasteiger partial charge on any atom is -0.451 e. The molecule has 0 atom stereocenters. The van der Waals surface area contributed by atoms with Crippen LogP contribution in [0.4, 0.5) is 5.13 Å². The summed E-state index contributed by atoms with van der Waals surface area (Å²) >= 11 is 11.0. The van der Waals surface area contributed by atoms with Crippen LogP contribution >= 0.6 is 38.9 Å². The number of hydrogen-bond donors (Lipinski definition) is 1. The van der Waals surface area contributed by atoms with E-state index in [0.29, 0.717) is 27.9 Å². The molecule has 0 saturated heterocycles. The number of carbonyl (C=O) groups is 1. The third-order valence-electron chi connectivity index (χ3n) is 4.19. The van der Waals surface area contributed by atoms with Crippen LogP contribution in [-0.2, 0) is 6.42 Å². The molecule has 4 rings (SSSR count). The Morgan fingerprint density at radius 1 is 1.30 bits per heavy atom. The van der Waals surface area contributed by atoms with E-state index in [1.165, 1.54) is 11.3 Å². The Kier molecular flexibility index (Phi) is 5.04. The summed E-state index contributed by atoms with van der Waals surface area (Å²) in [5.74, 6) is 0.0175. The van der Waals surface area contributed by atoms with Gasteiger partial charge in [-0.25, -0.2) is 4.98 Å². The van der Waals surface area contributed by atoms with Crippen LogP contribution in [0.2, 0.25) is 5.02 Å². The fourth-order valence-electron chi connectivity index (χ4n) is 2.84. The number of aromatic nitrogens is 1. The number of nitrogens with zero attached hydrogens (tertiary/aromatic N) is 1. The summed E-state index contributed by atoms with van der Waals surface area (Å²) in [4.78, 5) is 17.9. The average Bonchev–Trinajstić information content (AvgIpc) is 3.23. The van der Waals surface area contributed by atoms with Gasteiger partial charge in [-0.15, -0.1) is 11.3 Å². The van der Waals surface area contributed by atoms with E-state index in [-0.39, 0.29) is 5.91 Å². The van der Waals surface area contributed by atoms with Crippen molar-refractivity contribution in [2.75, 3.05) is 5.32 Å². The maximum absolute atomic E-state index is 12.6. The second-order valence-corrected chi connectivity index (χ2v) is 8.44. The number of benzene rings is 2. The Morgan fingerprint density at radius 2 is 2.11 bits per heavy atom. The van der Waals surface area contributed by atoms with Crippen molar-refractivity contribution in [3.63, 3.8) is 0 Å². The maximum atomic E-state index is 12.6. The van der Waals surface area contributed by atoms with Crippen LogP contribution in [0, 0.1) is 6.92 Å². The maximum Gasteiger partial charge on any atom is 0.293 e. The van der Waals surface area contributed by atoms with Crippen LogP contribution in [0.1, 0.15) is 26.6 Å². The molecule has 0 aliphatic rings. The number of amides is 1. The zero-order valence-electron chi connectivity index (χ0n) is 14.3. The Balaban J connectivity index is 1.50. The fourth-order valence-corrected chi connectivity index (χ4v) is 4.13. The summed E-state index contributed by atoms with van der Waals surface area (Å²) in [6.45, 7) is 1.88. The third kappa shape index (κ3) is 3.78. The van der Waals surface area contributed by atoms with Crippen molar-refractivity contribution < 1.29 is 9.21 Å². The molecule has 1 amide bonds. The van der Waals surface area contributed by atoms with Gasteiger partial charge in [-0.1, -0.05) is 35.9 Å². The van der Waals surface area contributed by atoms with E-state index in [9.17, 15) is 4.79 Å². The van der Waals surface area contributed by atoms with E-state index in [1.54, 1.807) is 6.20 Å². The van der Waals surface area contributed by atoms with Crippen molar-refractivity contribution in [2.45, 2.75) is 13.3 Å². The third-order valence-corrected chi connectivity index (χ3v) is 6.33. The molecule has 4 aromatic rings. The monoisotopic (exact) mass is 460 g/mol. The van der Waals surface area contributed by atoms with Crippen molar-refractivity contribution >= 4 is 60.9 Å². The second kappa shape index (κ2) is 7.46. The predicted octanol–water partition coefficient (Wildman–Crippen LogP) is 6.46. The number of anilines is 1. The largest absolute Gasteiger partial charge is 0.451 e. The first kappa shape index (κ1) is 18.2. The second-order valence-electron chi connectivity index (χ2n) is 6.06. The minimum atomic E-state index is -0.295. The number of aryl methyl sites for hydroxylation is 1. The number of carbonyl (C=O) groups excluding carboxylic acids is 1. The Labute approximate surface area is 173 Å². The van der Waals surface area contributed by atoms with Crippen LogP contribution in [0.3, 0.4) is 0 Å². The van der Waals surface area contributed by atoms with Crippen LogP contribution in [0.25, 0.3) is 11.0 Å². The molecule has 0 bridgehead atoms. The molecule has 2 aromatic carbocycles. The normalized spacial score (nSPS) is 11.1. The number of halogens is 2. The van der Waals surface area contributed by atoms with Gasteiger partial charge in [0, 0.05) is 32.9 Å². The lowest BCUT2D eigenvalue weighted by atomic mass is 10.1. The highest BCUT2D eigenvalue weighted by Gasteiger charge is 2.18. The summed E-state index contributed by atoms with van der Waals surface area (Å²) in [7, 11) is 0. The summed E-state index contributed by atoms with van der Waals surface area (Å²) in [5.41, 5.74) is 2.61. The molecular weight excluding hydrogens is 448 g/mol. The van der Waals surface area contributed by atoms with Gasteiger partial charge in [0.1, 0.15) is 5.58 Å². The lowest BCUT2D eigenvalue weighted by Gasteiger charge is -2.01. The molecule has 7 heteroatoms. The van der Waals surface area contributed by atoms with Crippen molar-refractivity contribution in [1.82, 2.24) is 4.98 Å². The molecule has 4 nitrogen and oxygen atoms in total. The predicted molar refractivity (Wildman–Crippen MR) is 113 cm³/mol. The van der Waals surface area contributed by atoms with E-state index in [1.807, 2.05) is 49.4 Å².